The summed E-state index contributed by atoms with van der Waals surface area (Å²) in [6.07, 6.45) is 1.76. The lowest BCUT2D eigenvalue weighted by molar-refractivity contribution is 0.277. The van der Waals surface area contributed by atoms with Gasteiger partial charge >= 0.3 is 0 Å². The van der Waals surface area contributed by atoms with Crippen LogP contribution >= 0.6 is 0 Å². The monoisotopic (exact) mass is 305 g/mol. The molecule has 2 aromatic heterocycles. The molecule has 114 valence electrons. The van der Waals surface area contributed by atoms with Crippen LogP contribution in [0.4, 0.5) is 0 Å². The van der Waals surface area contributed by atoms with E-state index in [4.69, 9.17) is 14.0 Å². The zero-order valence-electron chi connectivity index (χ0n) is 12.8. The summed E-state index contributed by atoms with van der Waals surface area (Å²) in [5, 5.41) is 14.4. The first kappa shape index (κ1) is 13.6. The van der Waals surface area contributed by atoms with Gasteiger partial charge in [0, 0.05) is 17.0 Å². The van der Waals surface area contributed by atoms with Crippen LogP contribution in [0.2, 0.25) is 0 Å². The summed E-state index contributed by atoms with van der Waals surface area (Å²) in [5.74, 6) is 0. The standard InChI is InChI=1S/C19H15NO3/c1-11-8-15-18(19-17(11)12(2)10-22-19)14(9-16(20-21)23-15)13-6-4-3-5-7-13/h3-10,21H,1-2H3. The van der Waals surface area contributed by atoms with E-state index in [-0.39, 0.29) is 5.55 Å². The maximum absolute atomic E-state index is 9.16. The molecule has 4 heteroatoms. The van der Waals surface area contributed by atoms with E-state index in [1.165, 1.54) is 0 Å². The van der Waals surface area contributed by atoms with E-state index in [1.807, 2.05) is 50.2 Å². The summed E-state index contributed by atoms with van der Waals surface area (Å²) in [4.78, 5) is 0. The van der Waals surface area contributed by atoms with Crippen molar-refractivity contribution in [3.8, 4) is 11.1 Å². The minimum atomic E-state index is 0.165. The molecule has 4 rings (SSSR count). The van der Waals surface area contributed by atoms with Gasteiger partial charge in [-0.25, -0.2) is 0 Å². The topological polar surface area (TPSA) is 58.9 Å². The fourth-order valence-electron chi connectivity index (χ4n) is 3.14. The Kier molecular flexibility index (Phi) is 2.98. The van der Waals surface area contributed by atoms with E-state index in [1.54, 1.807) is 12.3 Å². The van der Waals surface area contributed by atoms with Gasteiger partial charge < -0.3 is 14.0 Å². The maximum Gasteiger partial charge on any atom is 0.256 e. The lowest BCUT2D eigenvalue weighted by atomic mass is 9.98. The van der Waals surface area contributed by atoms with Crippen molar-refractivity contribution in [3.05, 3.63) is 65.4 Å². The first-order chi connectivity index (χ1) is 11.2. The molecule has 23 heavy (non-hydrogen) atoms. The SMILES string of the molecule is Cc1coc2c1c(C)cc1oc(=NO)cc(-c3ccccc3)c12. The highest BCUT2D eigenvalue weighted by atomic mass is 16.5. The molecule has 0 atom stereocenters. The average molecular weight is 305 g/mol. The lowest BCUT2D eigenvalue weighted by Gasteiger charge is -2.08. The molecule has 1 N–H and O–H groups in total. The van der Waals surface area contributed by atoms with Gasteiger partial charge in [0.2, 0.25) is 0 Å². The number of aryl methyl sites for hydroxylation is 2. The van der Waals surface area contributed by atoms with E-state index < -0.39 is 0 Å². The number of furan rings is 1. The Morgan fingerprint density at radius 1 is 0.957 bits per heavy atom. The van der Waals surface area contributed by atoms with Gasteiger partial charge in [0.1, 0.15) is 11.2 Å². The molecule has 4 nitrogen and oxygen atoms in total. The van der Waals surface area contributed by atoms with E-state index in [0.717, 1.165) is 38.6 Å². The Bertz CT molecular complexity index is 1090. The summed E-state index contributed by atoms with van der Waals surface area (Å²) in [5.41, 5.74) is 5.68. The molecule has 0 fully saturated rings. The van der Waals surface area contributed by atoms with Crippen LogP contribution in [0.1, 0.15) is 11.1 Å². The van der Waals surface area contributed by atoms with Crippen molar-refractivity contribution in [2.75, 3.05) is 0 Å². The van der Waals surface area contributed by atoms with E-state index >= 15 is 0 Å². The first-order valence-corrected chi connectivity index (χ1v) is 7.38. The maximum atomic E-state index is 9.16. The van der Waals surface area contributed by atoms with Crippen LogP contribution in [0.25, 0.3) is 33.1 Å². The lowest BCUT2D eigenvalue weighted by Crippen LogP contribution is -2.01. The molecule has 0 amide bonds. The van der Waals surface area contributed by atoms with Crippen LogP contribution in [0.3, 0.4) is 0 Å². The Morgan fingerprint density at radius 2 is 1.74 bits per heavy atom. The number of benzene rings is 2. The third-order valence-electron chi connectivity index (χ3n) is 4.13. The van der Waals surface area contributed by atoms with Gasteiger partial charge in [-0.1, -0.05) is 30.3 Å². The molecule has 0 radical (unpaired) electrons. The summed E-state index contributed by atoms with van der Waals surface area (Å²) in [6.45, 7) is 4.05. The quantitative estimate of drug-likeness (QED) is 0.407. The van der Waals surface area contributed by atoms with Gasteiger partial charge in [0.25, 0.3) is 5.55 Å². The number of hydrogen-bond acceptors (Lipinski definition) is 4. The highest BCUT2D eigenvalue weighted by molar-refractivity contribution is 6.11. The van der Waals surface area contributed by atoms with Crippen LogP contribution in [0.5, 0.6) is 0 Å². The molecule has 0 unspecified atom stereocenters. The normalized spacial score (nSPS) is 12.3. The van der Waals surface area contributed by atoms with Gasteiger partial charge in [0.15, 0.2) is 0 Å². The second-order valence-corrected chi connectivity index (χ2v) is 5.65. The second-order valence-electron chi connectivity index (χ2n) is 5.65. The van der Waals surface area contributed by atoms with E-state index in [9.17, 15) is 0 Å². The molecule has 0 saturated carbocycles. The zero-order chi connectivity index (χ0) is 16.0. The molecule has 0 aliphatic heterocycles. The molecule has 4 aromatic rings. The van der Waals surface area contributed by atoms with Crippen molar-refractivity contribution >= 4 is 21.9 Å². The van der Waals surface area contributed by atoms with Crippen molar-refractivity contribution in [2.24, 2.45) is 5.16 Å². The van der Waals surface area contributed by atoms with Gasteiger partial charge in [-0.3, -0.25) is 0 Å². The smallest absolute Gasteiger partial charge is 0.256 e. The van der Waals surface area contributed by atoms with Crippen LogP contribution in [-0.2, 0) is 0 Å². The number of nitrogens with zero attached hydrogens (tertiary/aromatic N) is 1. The molecule has 0 aliphatic rings. The largest absolute Gasteiger partial charge is 0.463 e. The molecule has 2 heterocycles. The van der Waals surface area contributed by atoms with Gasteiger partial charge in [0.05, 0.1) is 11.6 Å². The fourth-order valence-corrected chi connectivity index (χ4v) is 3.14. The molecule has 2 aromatic carbocycles. The average Bonchev–Trinajstić information content (AvgIpc) is 2.97. The molecule has 0 bridgehead atoms. The molecule has 0 spiro atoms. The first-order valence-electron chi connectivity index (χ1n) is 7.38. The molecule has 0 saturated heterocycles. The summed E-state index contributed by atoms with van der Waals surface area (Å²) in [6, 6.07) is 13.6. The summed E-state index contributed by atoms with van der Waals surface area (Å²) < 4.78 is 11.5. The van der Waals surface area contributed by atoms with E-state index in [2.05, 4.69) is 5.16 Å². The Morgan fingerprint density at radius 3 is 2.48 bits per heavy atom. The van der Waals surface area contributed by atoms with Crippen LogP contribution < -0.4 is 5.55 Å². The minimum absolute atomic E-state index is 0.165. The van der Waals surface area contributed by atoms with E-state index in [0.29, 0.717) is 5.58 Å². The van der Waals surface area contributed by atoms with Gasteiger partial charge in [-0.05, 0) is 41.8 Å². The number of hydrogen-bond donors (Lipinski definition) is 1. The van der Waals surface area contributed by atoms with Crippen molar-refractivity contribution in [1.29, 1.82) is 0 Å². The highest BCUT2D eigenvalue weighted by Gasteiger charge is 2.16. The second kappa shape index (κ2) is 5.02. The van der Waals surface area contributed by atoms with Crippen molar-refractivity contribution < 1.29 is 14.0 Å². The summed E-state index contributed by atoms with van der Waals surface area (Å²) >= 11 is 0. The molecular weight excluding hydrogens is 290 g/mol. The third-order valence-corrected chi connectivity index (χ3v) is 4.13. The predicted octanol–water partition coefficient (Wildman–Crippen LogP) is 4.75. The fraction of sp³-hybridized carbons (Fsp3) is 0.105. The third kappa shape index (κ3) is 2.03. The Hall–Kier alpha value is -3.01. The number of fused-ring (bicyclic) bond motifs is 3. The predicted molar refractivity (Wildman–Crippen MR) is 88.2 cm³/mol. The molecular formula is C19H15NO3. The van der Waals surface area contributed by atoms with Crippen molar-refractivity contribution in [2.45, 2.75) is 13.8 Å². The van der Waals surface area contributed by atoms with Gasteiger partial charge in [-0.2, -0.15) is 0 Å². The Balaban J connectivity index is 2.26. The minimum Gasteiger partial charge on any atom is -0.463 e. The van der Waals surface area contributed by atoms with Gasteiger partial charge in [-0.15, -0.1) is 0 Å². The van der Waals surface area contributed by atoms with Crippen LogP contribution in [-0.4, -0.2) is 5.21 Å². The zero-order valence-corrected chi connectivity index (χ0v) is 12.8. The summed E-state index contributed by atoms with van der Waals surface area (Å²) in [7, 11) is 0. The van der Waals surface area contributed by atoms with Crippen LogP contribution in [0.15, 0.2) is 62.7 Å². The Labute approximate surface area is 132 Å². The highest BCUT2D eigenvalue weighted by Crippen LogP contribution is 2.37. The number of rotatable bonds is 1. The molecule has 0 aliphatic carbocycles. The van der Waals surface area contributed by atoms with Crippen molar-refractivity contribution in [3.63, 3.8) is 0 Å². The van der Waals surface area contributed by atoms with Crippen LogP contribution in [0, 0.1) is 13.8 Å². The van der Waals surface area contributed by atoms with Crippen molar-refractivity contribution in [1.82, 2.24) is 0 Å².